The Kier molecular flexibility index (Phi) is 7.37. The van der Waals surface area contributed by atoms with Crippen molar-refractivity contribution < 1.29 is 4.42 Å². The summed E-state index contributed by atoms with van der Waals surface area (Å²) in [5, 5.41) is 14.8. The Bertz CT molecular complexity index is 3270. The maximum Gasteiger partial charge on any atom is 0.143 e. The van der Waals surface area contributed by atoms with Crippen LogP contribution in [0.5, 0.6) is 0 Å². The first kappa shape index (κ1) is 32.5. The Morgan fingerprint density at radius 1 is 0.649 bits per heavy atom. The minimum Gasteiger partial charge on any atom is -0.455 e. The van der Waals surface area contributed by atoms with Crippen molar-refractivity contribution in [2.24, 2.45) is 4.99 Å². The molecule has 2 N–H and O–H groups in total. The molecule has 0 fully saturated rings. The second-order valence-corrected chi connectivity index (χ2v) is 16.2. The van der Waals surface area contributed by atoms with Gasteiger partial charge in [0, 0.05) is 47.5 Å². The largest absolute Gasteiger partial charge is 0.455 e. The molecule has 1 aliphatic heterocycles. The van der Waals surface area contributed by atoms with E-state index in [1.54, 1.807) is 0 Å². The molecule has 0 spiro atoms. The predicted octanol–water partition coefficient (Wildman–Crippen LogP) is 13.0. The first-order valence-corrected chi connectivity index (χ1v) is 20.5. The third-order valence-corrected chi connectivity index (χ3v) is 12.9. The van der Waals surface area contributed by atoms with Crippen molar-refractivity contribution in [3.8, 4) is 16.8 Å². The van der Waals surface area contributed by atoms with Crippen molar-refractivity contribution >= 4 is 81.1 Å². The maximum absolute atomic E-state index is 6.81. The lowest BCUT2D eigenvalue weighted by atomic mass is 9.99. The highest BCUT2D eigenvalue weighted by molar-refractivity contribution is 7.25. The summed E-state index contributed by atoms with van der Waals surface area (Å²) in [5.74, 6) is 0.919. The van der Waals surface area contributed by atoms with Gasteiger partial charge in [0.25, 0.3) is 0 Å². The zero-order valence-corrected chi connectivity index (χ0v) is 31.8. The van der Waals surface area contributed by atoms with E-state index in [0.29, 0.717) is 0 Å². The van der Waals surface area contributed by atoms with Crippen LogP contribution >= 0.6 is 11.3 Å². The fraction of sp³-hybridized carbons (Fsp3) is 0.0784. The predicted molar refractivity (Wildman–Crippen MR) is 239 cm³/mol. The van der Waals surface area contributed by atoms with Gasteiger partial charge in [0.2, 0.25) is 0 Å². The Balaban J connectivity index is 0.958. The van der Waals surface area contributed by atoms with Gasteiger partial charge in [-0.2, -0.15) is 0 Å². The molecule has 1 aliphatic carbocycles. The molecule has 0 amide bonds. The Morgan fingerprint density at radius 2 is 1.44 bits per heavy atom. The molecule has 0 radical (unpaired) electrons. The number of amidine groups is 1. The molecule has 10 aromatic rings. The second kappa shape index (κ2) is 12.9. The van der Waals surface area contributed by atoms with E-state index >= 15 is 0 Å². The average molecular weight is 753 g/mol. The van der Waals surface area contributed by atoms with Gasteiger partial charge < -0.3 is 14.3 Å². The summed E-state index contributed by atoms with van der Waals surface area (Å²) < 4.78 is 11.7. The molecule has 2 aliphatic rings. The van der Waals surface area contributed by atoms with Crippen molar-refractivity contribution in [3.05, 3.63) is 187 Å². The fourth-order valence-electron chi connectivity index (χ4n) is 9.08. The van der Waals surface area contributed by atoms with Gasteiger partial charge in [0.15, 0.2) is 0 Å². The van der Waals surface area contributed by atoms with Crippen molar-refractivity contribution in [2.75, 3.05) is 0 Å². The number of hydrogen-bond donors (Lipinski definition) is 2. The van der Waals surface area contributed by atoms with Crippen LogP contribution in [0.2, 0.25) is 0 Å². The molecule has 0 saturated heterocycles. The van der Waals surface area contributed by atoms with E-state index in [-0.39, 0.29) is 12.3 Å². The number of benzene rings is 7. The van der Waals surface area contributed by atoms with Crippen LogP contribution in [0.1, 0.15) is 30.1 Å². The zero-order valence-electron chi connectivity index (χ0n) is 30.9. The molecule has 57 heavy (non-hydrogen) atoms. The summed E-state index contributed by atoms with van der Waals surface area (Å²) in [7, 11) is 0. The fourth-order valence-corrected chi connectivity index (χ4v) is 10.2. The maximum atomic E-state index is 6.81. The molecule has 272 valence electrons. The molecule has 7 aromatic carbocycles. The quantitative estimate of drug-likeness (QED) is 0.184. The summed E-state index contributed by atoms with van der Waals surface area (Å²) in [4.78, 5) is 5.22. The SMILES string of the molecule is C1=CCCC(C2NC(c3ccccc3)=NC(c3ccc4c(c3)sc3ccc(-c5cccc6c5oc5cccc(-n7c8ccccc8c8ccccc87)c56)cc34)N2)=C1. The number of nitrogens with one attached hydrogen (secondary N) is 2. The third-order valence-electron chi connectivity index (χ3n) is 11.8. The van der Waals surface area contributed by atoms with Gasteiger partial charge in [-0.05, 0) is 72.0 Å². The van der Waals surface area contributed by atoms with Crippen LogP contribution in [-0.4, -0.2) is 16.6 Å². The van der Waals surface area contributed by atoms with E-state index in [9.17, 15) is 0 Å². The summed E-state index contributed by atoms with van der Waals surface area (Å²) >= 11 is 1.84. The summed E-state index contributed by atoms with van der Waals surface area (Å²) in [6.45, 7) is 0. The van der Waals surface area contributed by atoms with Crippen LogP contribution in [-0.2, 0) is 0 Å². The first-order chi connectivity index (χ1) is 28.2. The Hall–Kier alpha value is -6.73. The molecular formula is C51H36N4OS. The number of thiophene rings is 1. The standard InChI is InChI=1S/C51H36N4OS/c1-3-13-31(14-4-1)49-52-50(32-15-5-2-6-16-32)54-51(53-49)34-25-27-38-40-29-33(26-28-45(40)57-46(38)30-34)35-19-11-20-39-47-43(23-12-24-44(47)56-48(35)39)55-41-21-9-7-17-36(41)37-18-8-10-22-42(37)55/h1-5,7-15,17-30,50-51,54H,6,16H2,(H,52,53). The Morgan fingerprint density at radius 3 is 2.26 bits per heavy atom. The number of aliphatic imine (C=N–C) groups is 1. The van der Waals surface area contributed by atoms with Gasteiger partial charge in [-0.25, -0.2) is 4.99 Å². The summed E-state index contributed by atoms with van der Waals surface area (Å²) in [5.41, 5.74) is 11.1. The zero-order chi connectivity index (χ0) is 37.5. The number of furan rings is 1. The first-order valence-electron chi connectivity index (χ1n) is 19.7. The van der Waals surface area contributed by atoms with Gasteiger partial charge in [0.05, 0.1) is 22.1 Å². The molecular weight excluding hydrogens is 717 g/mol. The number of fused-ring (bicyclic) bond motifs is 9. The number of rotatable bonds is 5. The molecule has 2 atom stereocenters. The monoisotopic (exact) mass is 752 g/mol. The van der Waals surface area contributed by atoms with Gasteiger partial charge in [0.1, 0.15) is 29.3 Å². The lowest BCUT2D eigenvalue weighted by Gasteiger charge is -2.34. The van der Waals surface area contributed by atoms with Gasteiger partial charge >= 0.3 is 0 Å². The highest BCUT2D eigenvalue weighted by Crippen LogP contribution is 2.43. The van der Waals surface area contributed by atoms with Crippen molar-refractivity contribution in [1.82, 2.24) is 15.2 Å². The van der Waals surface area contributed by atoms with Crippen molar-refractivity contribution in [3.63, 3.8) is 0 Å². The minimum absolute atomic E-state index is 0.00679. The molecule has 0 bridgehead atoms. The van der Waals surface area contributed by atoms with Gasteiger partial charge in [-0.15, -0.1) is 11.3 Å². The number of hydrogen-bond acceptors (Lipinski definition) is 5. The van der Waals surface area contributed by atoms with E-state index in [1.165, 1.54) is 47.6 Å². The smallest absolute Gasteiger partial charge is 0.143 e. The number of allylic oxidation sites excluding steroid dienone is 3. The molecule has 5 nitrogen and oxygen atoms in total. The van der Waals surface area contributed by atoms with E-state index in [4.69, 9.17) is 9.41 Å². The van der Waals surface area contributed by atoms with Gasteiger partial charge in [-0.3, -0.25) is 5.32 Å². The Labute approximate surface area is 332 Å². The summed E-state index contributed by atoms with van der Waals surface area (Å²) in [6, 6.07) is 54.5. The van der Waals surface area contributed by atoms with E-state index in [1.807, 2.05) is 11.3 Å². The highest BCUT2D eigenvalue weighted by atomic mass is 32.1. The molecule has 3 aromatic heterocycles. The highest BCUT2D eigenvalue weighted by Gasteiger charge is 2.27. The lowest BCUT2D eigenvalue weighted by Crippen LogP contribution is -2.52. The molecule has 4 heterocycles. The lowest BCUT2D eigenvalue weighted by molar-refractivity contribution is 0.429. The van der Waals surface area contributed by atoms with Crippen LogP contribution in [0.25, 0.3) is 80.7 Å². The van der Waals surface area contributed by atoms with Crippen LogP contribution in [0.4, 0.5) is 0 Å². The number of para-hydroxylation sites is 3. The number of aromatic nitrogens is 1. The molecule has 6 heteroatoms. The average Bonchev–Trinajstić information content (AvgIpc) is 3.96. The minimum atomic E-state index is -0.179. The van der Waals surface area contributed by atoms with E-state index < -0.39 is 0 Å². The van der Waals surface area contributed by atoms with Crippen LogP contribution in [0, 0.1) is 0 Å². The normalized spacial score (nSPS) is 17.2. The molecule has 2 unspecified atom stereocenters. The van der Waals surface area contributed by atoms with Crippen LogP contribution in [0.15, 0.2) is 185 Å². The third kappa shape index (κ3) is 5.22. The number of nitrogens with zero attached hydrogens (tertiary/aromatic N) is 2. The topological polar surface area (TPSA) is 54.5 Å². The second-order valence-electron chi connectivity index (χ2n) is 15.1. The van der Waals surface area contributed by atoms with Crippen LogP contribution < -0.4 is 10.6 Å². The van der Waals surface area contributed by atoms with E-state index in [2.05, 4.69) is 185 Å². The molecule has 0 saturated carbocycles. The van der Waals surface area contributed by atoms with Crippen molar-refractivity contribution in [2.45, 2.75) is 25.2 Å². The van der Waals surface area contributed by atoms with Crippen LogP contribution in [0.3, 0.4) is 0 Å². The summed E-state index contributed by atoms with van der Waals surface area (Å²) in [6.07, 6.45) is 8.55. The molecule has 12 rings (SSSR count). The van der Waals surface area contributed by atoms with E-state index in [0.717, 1.165) is 68.6 Å². The van der Waals surface area contributed by atoms with Gasteiger partial charge in [-0.1, -0.05) is 127 Å². The van der Waals surface area contributed by atoms with Crippen molar-refractivity contribution in [1.29, 1.82) is 0 Å².